The number of aromatic nitrogens is 4. The summed E-state index contributed by atoms with van der Waals surface area (Å²) in [6.45, 7) is 2.18. The lowest BCUT2D eigenvalue weighted by Gasteiger charge is -2.05. The van der Waals surface area contributed by atoms with Crippen molar-refractivity contribution >= 4 is 0 Å². The first-order valence-corrected chi connectivity index (χ1v) is 6.25. The van der Waals surface area contributed by atoms with E-state index in [-0.39, 0.29) is 5.82 Å². The van der Waals surface area contributed by atoms with Crippen LogP contribution in [0.25, 0.3) is 0 Å². The van der Waals surface area contributed by atoms with E-state index in [1.807, 2.05) is 6.07 Å². The van der Waals surface area contributed by atoms with Gasteiger partial charge in [0.25, 0.3) is 0 Å². The molecule has 20 heavy (non-hydrogen) atoms. The molecule has 1 aromatic carbocycles. The van der Waals surface area contributed by atoms with Crippen LogP contribution in [0.4, 0.5) is 4.39 Å². The van der Waals surface area contributed by atoms with E-state index < -0.39 is 0 Å². The number of halogens is 1. The fourth-order valence-corrected chi connectivity index (χ4v) is 1.99. The zero-order chi connectivity index (χ0) is 13.9. The zero-order valence-electron chi connectivity index (χ0n) is 11.0. The minimum absolute atomic E-state index is 0.233. The molecule has 0 unspecified atom stereocenters. The molecule has 0 aliphatic carbocycles. The Kier molecular flexibility index (Phi) is 3.28. The Bertz CT molecular complexity index is 702. The van der Waals surface area contributed by atoms with Gasteiger partial charge in [-0.2, -0.15) is 5.10 Å². The quantitative estimate of drug-likeness (QED) is 0.731. The Morgan fingerprint density at radius 3 is 2.65 bits per heavy atom. The van der Waals surface area contributed by atoms with E-state index in [1.54, 1.807) is 29.9 Å². The molecular formula is C14H13FN4O. The first-order chi connectivity index (χ1) is 9.70. The molecule has 0 aliphatic rings. The summed E-state index contributed by atoms with van der Waals surface area (Å²) in [5.41, 5.74) is 2.03. The van der Waals surface area contributed by atoms with Crippen molar-refractivity contribution in [2.24, 2.45) is 0 Å². The van der Waals surface area contributed by atoms with Crippen LogP contribution in [0.15, 0.2) is 40.9 Å². The van der Waals surface area contributed by atoms with Gasteiger partial charge in [0.2, 0.25) is 11.8 Å². The SMILES string of the molecule is Cc1nnc(Cn2nccc2Cc2ccc(F)cc2)o1. The molecule has 0 aliphatic heterocycles. The van der Waals surface area contributed by atoms with Crippen LogP contribution in [0.3, 0.4) is 0 Å². The van der Waals surface area contributed by atoms with Gasteiger partial charge in [-0.25, -0.2) is 4.39 Å². The summed E-state index contributed by atoms with van der Waals surface area (Å²) in [7, 11) is 0. The first-order valence-electron chi connectivity index (χ1n) is 6.25. The highest BCUT2D eigenvalue weighted by molar-refractivity contribution is 5.22. The van der Waals surface area contributed by atoms with E-state index in [0.717, 1.165) is 11.3 Å². The molecule has 2 heterocycles. The number of hydrogen-bond donors (Lipinski definition) is 0. The summed E-state index contributed by atoms with van der Waals surface area (Å²) in [6, 6.07) is 8.37. The Morgan fingerprint density at radius 2 is 1.95 bits per heavy atom. The molecule has 6 heteroatoms. The van der Waals surface area contributed by atoms with Gasteiger partial charge in [-0.1, -0.05) is 12.1 Å². The third kappa shape index (κ3) is 2.74. The molecule has 0 saturated carbocycles. The number of aryl methyl sites for hydroxylation is 1. The molecule has 0 N–H and O–H groups in total. The summed E-state index contributed by atoms with van der Waals surface area (Å²) in [5, 5.41) is 12.0. The van der Waals surface area contributed by atoms with Crippen LogP contribution in [-0.4, -0.2) is 20.0 Å². The minimum Gasteiger partial charge on any atom is -0.424 e. The van der Waals surface area contributed by atoms with Gasteiger partial charge in [0, 0.05) is 25.2 Å². The van der Waals surface area contributed by atoms with Crippen molar-refractivity contribution in [3.63, 3.8) is 0 Å². The summed E-state index contributed by atoms with van der Waals surface area (Å²) < 4.78 is 20.0. The molecule has 0 spiro atoms. The summed E-state index contributed by atoms with van der Waals surface area (Å²) in [6.07, 6.45) is 2.40. The van der Waals surface area contributed by atoms with Crippen LogP contribution in [0.2, 0.25) is 0 Å². The van der Waals surface area contributed by atoms with Gasteiger partial charge in [0.05, 0.1) is 0 Å². The Morgan fingerprint density at radius 1 is 1.15 bits per heavy atom. The smallest absolute Gasteiger partial charge is 0.237 e. The highest BCUT2D eigenvalue weighted by atomic mass is 19.1. The lowest BCUT2D eigenvalue weighted by molar-refractivity contribution is 0.440. The molecule has 3 rings (SSSR count). The van der Waals surface area contributed by atoms with Crippen molar-refractivity contribution in [2.45, 2.75) is 19.9 Å². The average Bonchev–Trinajstić information content (AvgIpc) is 3.03. The third-order valence-corrected chi connectivity index (χ3v) is 2.96. The average molecular weight is 272 g/mol. The number of nitrogens with zero attached hydrogens (tertiary/aromatic N) is 4. The summed E-state index contributed by atoms with van der Waals surface area (Å²) in [5.74, 6) is 0.822. The predicted molar refractivity (Wildman–Crippen MR) is 69.6 cm³/mol. The van der Waals surface area contributed by atoms with Crippen LogP contribution in [0, 0.1) is 12.7 Å². The largest absolute Gasteiger partial charge is 0.424 e. The second-order valence-corrected chi connectivity index (χ2v) is 4.50. The minimum atomic E-state index is -0.233. The number of rotatable bonds is 4. The maximum absolute atomic E-state index is 12.9. The van der Waals surface area contributed by atoms with Gasteiger partial charge < -0.3 is 4.42 Å². The lowest BCUT2D eigenvalue weighted by atomic mass is 10.1. The first kappa shape index (κ1) is 12.5. The maximum Gasteiger partial charge on any atom is 0.237 e. The molecule has 0 radical (unpaired) electrons. The van der Waals surface area contributed by atoms with Crippen LogP contribution >= 0.6 is 0 Å². The molecule has 5 nitrogen and oxygen atoms in total. The van der Waals surface area contributed by atoms with Gasteiger partial charge in [-0.3, -0.25) is 4.68 Å². The molecular weight excluding hydrogens is 259 g/mol. The van der Waals surface area contributed by atoms with E-state index in [0.29, 0.717) is 24.7 Å². The number of hydrogen-bond acceptors (Lipinski definition) is 4. The molecule has 3 aromatic rings. The molecule has 102 valence electrons. The summed E-state index contributed by atoms with van der Waals surface area (Å²) >= 11 is 0. The molecule has 0 atom stereocenters. The molecule has 0 amide bonds. The molecule has 0 fully saturated rings. The normalized spacial score (nSPS) is 10.9. The van der Waals surface area contributed by atoms with Crippen molar-refractivity contribution in [1.29, 1.82) is 0 Å². The lowest BCUT2D eigenvalue weighted by Crippen LogP contribution is -2.07. The standard InChI is InChI=1S/C14H13FN4O/c1-10-17-18-14(20-10)9-19-13(6-7-16-19)8-11-2-4-12(15)5-3-11/h2-7H,8-9H2,1H3. The van der Waals surface area contributed by atoms with Gasteiger partial charge in [-0.05, 0) is 23.8 Å². The van der Waals surface area contributed by atoms with Crippen molar-refractivity contribution < 1.29 is 8.81 Å². The van der Waals surface area contributed by atoms with Gasteiger partial charge in [0.1, 0.15) is 12.4 Å². The van der Waals surface area contributed by atoms with Crippen LogP contribution < -0.4 is 0 Å². The topological polar surface area (TPSA) is 56.7 Å². The van der Waals surface area contributed by atoms with E-state index >= 15 is 0 Å². The van der Waals surface area contributed by atoms with Gasteiger partial charge in [0.15, 0.2) is 0 Å². The van der Waals surface area contributed by atoms with E-state index in [2.05, 4.69) is 15.3 Å². The van der Waals surface area contributed by atoms with Crippen molar-refractivity contribution in [3.8, 4) is 0 Å². The predicted octanol–water partition coefficient (Wildman–Crippen LogP) is 2.35. The number of benzene rings is 1. The fraction of sp³-hybridized carbons (Fsp3) is 0.214. The van der Waals surface area contributed by atoms with E-state index in [4.69, 9.17) is 4.42 Å². The molecule has 2 aromatic heterocycles. The van der Waals surface area contributed by atoms with Crippen LogP contribution in [-0.2, 0) is 13.0 Å². The van der Waals surface area contributed by atoms with Crippen molar-refractivity contribution in [2.75, 3.05) is 0 Å². The second-order valence-electron chi connectivity index (χ2n) is 4.50. The monoisotopic (exact) mass is 272 g/mol. The molecule has 0 bridgehead atoms. The Hall–Kier alpha value is -2.50. The van der Waals surface area contributed by atoms with Gasteiger partial charge in [-0.15, -0.1) is 10.2 Å². The van der Waals surface area contributed by atoms with Crippen LogP contribution in [0.1, 0.15) is 23.0 Å². The fourth-order valence-electron chi connectivity index (χ4n) is 1.99. The van der Waals surface area contributed by atoms with Crippen molar-refractivity contribution in [3.05, 3.63) is 65.4 Å². The Labute approximate surface area is 115 Å². The highest BCUT2D eigenvalue weighted by Gasteiger charge is 2.08. The van der Waals surface area contributed by atoms with Gasteiger partial charge >= 0.3 is 0 Å². The zero-order valence-corrected chi connectivity index (χ0v) is 11.0. The third-order valence-electron chi connectivity index (χ3n) is 2.96. The van der Waals surface area contributed by atoms with E-state index in [9.17, 15) is 4.39 Å². The Balaban J connectivity index is 1.78. The molecule has 0 saturated heterocycles. The maximum atomic E-state index is 12.9. The van der Waals surface area contributed by atoms with E-state index in [1.165, 1.54) is 12.1 Å². The summed E-state index contributed by atoms with van der Waals surface area (Å²) in [4.78, 5) is 0. The van der Waals surface area contributed by atoms with Crippen molar-refractivity contribution in [1.82, 2.24) is 20.0 Å². The second kappa shape index (κ2) is 5.24. The highest BCUT2D eigenvalue weighted by Crippen LogP contribution is 2.11. The van der Waals surface area contributed by atoms with Crippen LogP contribution in [0.5, 0.6) is 0 Å².